The van der Waals surface area contributed by atoms with E-state index in [1.54, 1.807) is 22.8 Å². The first kappa shape index (κ1) is 49.3. The molecule has 0 aromatic carbocycles. The molecule has 0 aliphatic carbocycles. The molecule has 0 bridgehead atoms. The molecule has 0 fully saturated rings. The van der Waals surface area contributed by atoms with Crippen LogP contribution in [0.3, 0.4) is 0 Å². The highest BCUT2D eigenvalue weighted by atomic mass is 32.7. The van der Waals surface area contributed by atoms with E-state index >= 15 is 0 Å². The molecule has 9 nitrogen and oxygen atoms in total. The molecule has 282 valence electrons. The van der Waals surface area contributed by atoms with Crippen LogP contribution in [0, 0.1) is 5.92 Å². The summed E-state index contributed by atoms with van der Waals surface area (Å²) in [5.41, 5.74) is 0. The molecule has 0 radical (unpaired) electrons. The molecule has 0 amide bonds. The predicted molar refractivity (Wildman–Crippen MR) is 215 cm³/mol. The first-order valence-corrected chi connectivity index (χ1v) is 27.9. The summed E-state index contributed by atoms with van der Waals surface area (Å²) in [6.07, 6.45) is 1.63. The van der Waals surface area contributed by atoms with E-state index in [0.717, 1.165) is 17.7 Å². The van der Waals surface area contributed by atoms with Gasteiger partial charge in [-0.15, -0.1) is 11.4 Å². The number of esters is 1. The summed E-state index contributed by atoms with van der Waals surface area (Å²) in [5, 5.41) is 0. The molecule has 0 aliphatic rings. The van der Waals surface area contributed by atoms with Crippen LogP contribution in [-0.2, 0) is 41.2 Å². The van der Waals surface area contributed by atoms with Crippen molar-refractivity contribution >= 4 is 81.6 Å². The molecule has 47 heavy (non-hydrogen) atoms. The van der Waals surface area contributed by atoms with Gasteiger partial charge in [0.1, 0.15) is 0 Å². The van der Waals surface area contributed by atoms with Crippen molar-refractivity contribution in [2.45, 2.75) is 146 Å². The van der Waals surface area contributed by atoms with Crippen LogP contribution in [0.5, 0.6) is 0 Å². The molecular formula is C30H64O9P4S4. The van der Waals surface area contributed by atoms with Gasteiger partial charge in [-0.2, -0.15) is 0 Å². The van der Waals surface area contributed by atoms with Crippen LogP contribution in [0.1, 0.15) is 103 Å². The second-order valence-electron chi connectivity index (χ2n) is 12.2. The van der Waals surface area contributed by atoms with Gasteiger partial charge in [-0.3, -0.25) is 4.79 Å². The third kappa shape index (κ3) is 30.5. The van der Waals surface area contributed by atoms with E-state index in [1.165, 1.54) is 11.4 Å². The lowest BCUT2D eigenvalue weighted by molar-refractivity contribution is -0.142. The number of hydrogen-bond donors (Lipinski definition) is 0. The van der Waals surface area contributed by atoms with Crippen LogP contribution < -0.4 is 0 Å². The molecule has 0 N–H and O–H groups in total. The second-order valence-corrected chi connectivity index (χ2v) is 25.5. The molecule has 0 rings (SSSR count). The smallest absolute Gasteiger partial charge is 0.306 e. The van der Waals surface area contributed by atoms with Crippen molar-refractivity contribution in [3.63, 3.8) is 0 Å². The van der Waals surface area contributed by atoms with E-state index in [-0.39, 0.29) is 48.7 Å². The van der Waals surface area contributed by atoms with Crippen molar-refractivity contribution in [3.8, 4) is 0 Å². The molecule has 0 saturated heterocycles. The number of carbonyl (C=O) groups excluding carboxylic acids is 1. The molecule has 0 aromatic heterocycles. The zero-order chi connectivity index (χ0) is 35.9. The average Bonchev–Trinajstić information content (AvgIpc) is 2.92. The van der Waals surface area contributed by atoms with Gasteiger partial charge >= 0.3 is 5.97 Å². The van der Waals surface area contributed by atoms with Crippen molar-refractivity contribution in [3.05, 3.63) is 0 Å². The van der Waals surface area contributed by atoms with Gasteiger partial charge in [0.2, 0.25) is 22.7 Å². The van der Waals surface area contributed by atoms with Gasteiger partial charge in [0, 0.05) is 29.2 Å². The fourth-order valence-corrected chi connectivity index (χ4v) is 18.6. The number of rotatable bonds is 30. The lowest BCUT2D eigenvalue weighted by Gasteiger charge is -2.28. The minimum Gasteiger partial charge on any atom is -0.466 e. The van der Waals surface area contributed by atoms with E-state index in [0.29, 0.717) is 30.5 Å². The molecule has 17 heteroatoms. The molecule has 0 aliphatic heterocycles. The maximum Gasteiger partial charge on any atom is 0.306 e. The van der Waals surface area contributed by atoms with Crippen LogP contribution >= 0.6 is 75.6 Å². The highest BCUT2D eigenvalue weighted by Crippen LogP contribution is 2.60. The Morgan fingerprint density at radius 3 is 1.30 bits per heavy atom. The third-order valence-corrected chi connectivity index (χ3v) is 19.8. The Morgan fingerprint density at radius 2 is 0.915 bits per heavy atom. The van der Waals surface area contributed by atoms with Crippen LogP contribution in [-0.4, -0.2) is 84.5 Å². The topological polar surface area (TPSA) is 90.9 Å². The predicted octanol–water partition coefficient (Wildman–Crippen LogP) is 12.4. The first-order valence-electron chi connectivity index (χ1n) is 16.5. The maximum absolute atomic E-state index is 11.8. The Morgan fingerprint density at radius 1 is 0.532 bits per heavy atom. The molecular weight excluding hydrogens is 756 g/mol. The largest absolute Gasteiger partial charge is 0.466 e. The van der Waals surface area contributed by atoms with Crippen molar-refractivity contribution in [2.24, 2.45) is 5.92 Å². The number of carbonyl (C=O) groups is 1. The summed E-state index contributed by atoms with van der Waals surface area (Å²) in [7, 11) is -4.14. The Labute approximate surface area is 308 Å². The molecule has 6 unspecified atom stereocenters. The molecule has 0 heterocycles. The minimum atomic E-state index is -1.27. The third-order valence-electron chi connectivity index (χ3n) is 4.62. The quantitative estimate of drug-likeness (QED) is 0.0509. The normalized spacial score (nSPS) is 16.4. The zero-order valence-corrected chi connectivity index (χ0v) is 38.0. The van der Waals surface area contributed by atoms with Crippen LogP contribution in [0.2, 0.25) is 0 Å². The van der Waals surface area contributed by atoms with E-state index in [4.69, 9.17) is 36.4 Å². The summed E-state index contributed by atoms with van der Waals surface area (Å²) in [6.45, 7) is 29.2. The van der Waals surface area contributed by atoms with E-state index in [2.05, 4.69) is 41.5 Å². The van der Waals surface area contributed by atoms with Crippen LogP contribution in [0.25, 0.3) is 0 Å². The van der Waals surface area contributed by atoms with E-state index in [1.807, 2.05) is 66.8 Å². The van der Waals surface area contributed by atoms with Gasteiger partial charge in [0.05, 0.1) is 63.1 Å². The van der Waals surface area contributed by atoms with Crippen molar-refractivity contribution in [1.82, 2.24) is 0 Å². The van der Waals surface area contributed by atoms with Crippen LogP contribution in [0.15, 0.2) is 0 Å². The summed E-state index contributed by atoms with van der Waals surface area (Å²) in [6, 6.07) is 0. The molecule has 0 saturated carbocycles. The zero-order valence-electron chi connectivity index (χ0n) is 31.2. The van der Waals surface area contributed by atoms with Gasteiger partial charge in [0.25, 0.3) is 0 Å². The SMILES string of the molecule is CCOC(=O)CCSP(OC(C)C)OC(C)CSP(OC(C)CSP(CC(C)C)OC(C)C)OC(C)CSP(OC(C)C)OC(C)C. The average molecular weight is 821 g/mol. The van der Waals surface area contributed by atoms with Crippen molar-refractivity contribution < 1.29 is 41.2 Å². The van der Waals surface area contributed by atoms with Gasteiger partial charge in [-0.1, -0.05) is 48.0 Å². The maximum atomic E-state index is 11.8. The Balaban J connectivity index is 5.41. The lowest BCUT2D eigenvalue weighted by Crippen LogP contribution is -2.15. The summed E-state index contributed by atoms with van der Waals surface area (Å²) in [5.74, 6) is 3.22. The fraction of sp³-hybridized carbons (Fsp3) is 0.967. The Kier molecular flexibility index (Phi) is 31.2. The highest BCUT2D eigenvalue weighted by molar-refractivity contribution is 8.54. The number of ether oxygens (including phenoxy) is 1. The summed E-state index contributed by atoms with van der Waals surface area (Å²) >= 11 is 6.75. The first-order chi connectivity index (χ1) is 22.0. The second kappa shape index (κ2) is 29.7. The lowest BCUT2D eigenvalue weighted by atomic mass is 10.3. The van der Waals surface area contributed by atoms with Crippen LogP contribution in [0.4, 0.5) is 0 Å². The summed E-state index contributed by atoms with van der Waals surface area (Å²) < 4.78 is 49.0. The van der Waals surface area contributed by atoms with E-state index < -0.39 is 30.1 Å². The molecule has 6 atom stereocenters. The van der Waals surface area contributed by atoms with Crippen molar-refractivity contribution in [2.75, 3.05) is 35.8 Å². The van der Waals surface area contributed by atoms with Gasteiger partial charge in [-0.25, -0.2) is 0 Å². The van der Waals surface area contributed by atoms with Gasteiger partial charge in [0.15, 0.2) is 0 Å². The highest BCUT2D eigenvalue weighted by Gasteiger charge is 2.26. The summed E-state index contributed by atoms with van der Waals surface area (Å²) in [4.78, 5) is 11.8. The Hall–Kier alpha value is 2.31. The minimum absolute atomic E-state index is 0.00637. The van der Waals surface area contributed by atoms with Gasteiger partial charge in [-0.05, 0) is 89.0 Å². The monoisotopic (exact) mass is 820 g/mol. The van der Waals surface area contributed by atoms with E-state index in [9.17, 15) is 4.79 Å². The van der Waals surface area contributed by atoms with Gasteiger partial charge < -0.3 is 36.4 Å². The standard InChI is InChI=1S/C30H64O9P4S4/c1-15-32-30(31)16-17-44-42(36-26(10)11)37-28(13)21-47-43(38-27(12)19-45-40(18-22(2)3)33-23(4)5)39-29(14)20-46-41(34-24(6)7)35-25(8)9/h22-29H,15-21H2,1-14H3. The Bertz CT molecular complexity index is 723. The molecule has 0 aromatic rings. The number of hydrogen-bond acceptors (Lipinski definition) is 13. The van der Waals surface area contributed by atoms with Crippen molar-refractivity contribution in [1.29, 1.82) is 0 Å². The fourth-order valence-electron chi connectivity index (χ4n) is 2.92. The molecule has 0 spiro atoms.